The van der Waals surface area contributed by atoms with Gasteiger partial charge in [-0.05, 0) is 31.5 Å². The summed E-state index contributed by atoms with van der Waals surface area (Å²) < 4.78 is 10.6. The van der Waals surface area contributed by atoms with Crippen molar-refractivity contribution in [2.24, 2.45) is 0 Å². The van der Waals surface area contributed by atoms with Gasteiger partial charge in [0.25, 0.3) is 0 Å². The van der Waals surface area contributed by atoms with E-state index in [0.29, 0.717) is 47.0 Å². The Kier molecular flexibility index (Phi) is 6.01. The lowest BCUT2D eigenvalue weighted by atomic mass is 10.2. The molecule has 7 nitrogen and oxygen atoms in total. The Hall–Kier alpha value is -1.83. The van der Waals surface area contributed by atoms with Crippen molar-refractivity contribution in [2.75, 3.05) is 33.3 Å². The second-order valence-corrected chi connectivity index (χ2v) is 6.94. The van der Waals surface area contributed by atoms with Crippen LogP contribution in [0.3, 0.4) is 0 Å². The summed E-state index contributed by atoms with van der Waals surface area (Å²) in [5.41, 5.74) is 0.648. The van der Waals surface area contributed by atoms with Crippen LogP contribution < -0.4 is 0 Å². The van der Waals surface area contributed by atoms with E-state index in [1.807, 2.05) is 6.92 Å². The van der Waals surface area contributed by atoms with Crippen molar-refractivity contribution in [3.63, 3.8) is 0 Å². The highest BCUT2D eigenvalue weighted by molar-refractivity contribution is 6.36. The maximum Gasteiger partial charge on any atom is 0.409 e. The molecular weight excluding hydrogens is 379 g/mol. The number of aromatic nitrogens is 2. The first kappa shape index (κ1) is 18.9. The molecule has 0 bridgehead atoms. The van der Waals surface area contributed by atoms with E-state index in [1.165, 1.54) is 7.11 Å². The average Bonchev–Trinajstić information content (AvgIpc) is 2.97. The van der Waals surface area contributed by atoms with Crippen molar-refractivity contribution in [3.8, 4) is 11.5 Å². The Bertz CT molecular complexity index is 783. The largest absolute Gasteiger partial charge is 0.453 e. The molecule has 1 aliphatic rings. The van der Waals surface area contributed by atoms with Crippen molar-refractivity contribution >= 4 is 29.3 Å². The third-order valence-corrected chi connectivity index (χ3v) is 5.02. The van der Waals surface area contributed by atoms with Gasteiger partial charge in [-0.1, -0.05) is 23.2 Å². The smallest absolute Gasteiger partial charge is 0.409 e. The van der Waals surface area contributed by atoms with Gasteiger partial charge in [-0.2, -0.15) is 0 Å². The zero-order valence-corrected chi connectivity index (χ0v) is 16.1. The summed E-state index contributed by atoms with van der Waals surface area (Å²) in [4.78, 5) is 15.6. The number of methoxy groups -OCH3 is 1. The molecule has 1 atom stereocenters. The quantitative estimate of drug-likeness (QED) is 0.780. The molecule has 1 saturated heterocycles. The van der Waals surface area contributed by atoms with Gasteiger partial charge >= 0.3 is 6.09 Å². The zero-order chi connectivity index (χ0) is 18.7. The molecule has 2 heterocycles. The maximum absolute atomic E-state index is 11.7. The molecule has 1 aromatic heterocycles. The van der Waals surface area contributed by atoms with E-state index in [9.17, 15) is 4.79 Å². The van der Waals surface area contributed by atoms with Gasteiger partial charge in [-0.15, -0.1) is 10.2 Å². The molecule has 1 amide bonds. The van der Waals surface area contributed by atoms with Crippen LogP contribution in [0.4, 0.5) is 4.79 Å². The molecular formula is C17H20Cl2N4O3. The van der Waals surface area contributed by atoms with Crippen LogP contribution in [0.15, 0.2) is 22.6 Å². The van der Waals surface area contributed by atoms with E-state index >= 15 is 0 Å². The second-order valence-electron chi connectivity index (χ2n) is 6.09. The molecule has 0 unspecified atom stereocenters. The van der Waals surface area contributed by atoms with Gasteiger partial charge in [-0.25, -0.2) is 4.79 Å². The van der Waals surface area contributed by atoms with Crippen molar-refractivity contribution in [2.45, 2.75) is 19.4 Å². The predicted octanol–water partition coefficient (Wildman–Crippen LogP) is 3.88. The number of rotatable bonds is 3. The lowest BCUT2D eigenvalue weighted by molar-refractivity contribution is 0.122. The van der Waals surface area contributed by atoms with Gasteiger partial charge in [0.05, 0.1) is 23.7 Å². The van der Waals surface area contributed by atoms with E-state index in [-0.39, 0.29) is 12.1 Å². The summed E-state index contributed by atoms with van der Waals surface area (Å²) in [7, 11) is 1.40. The van der Waals surface area contributed by atoms with Gasteiger partial charge in [0.2, 0.25) is 11.8 Å². The van der Waals surface area contributed by atoms with Gasteiger partial charge in [0.1, 0.15) is 0 Å². The molecule has 1 aromatic carbocycles. The number of carbonyl (C=O) groups excluding carboxylic acids is 1. The Labute approximate surface area is 161 Å². The highest BCUT2D eigenvalue weighted by Gasteiger charge is 2.26. The maximum atomic E-state index is 11.7. The first-order chi connectivity index (χ1) is 12.5. The summed E-state index contributed by atoms with van der Waals surface area (Å²) >= 11 is 12.1. The average molecular weight is 399 g/mol. The summed E-state index contributed by atoms with van der Waals surface area (Å²) in [5.74, 6) is 0.872. The van der Waals surface area contributed by atoms with Crippen molar-refractivity contribution in [1.82, 2.24) is 20.0 Å². The van der Waals surface area contributed by atoms with Crippen LogP contribution in [-0.2, 0) is 4.74 Å². The van der Waals surface area contributed by atoms with Crippen molar-refractivity contribution in [3.05, 3.63) is 34.1 Å². The highest BCUT2D eigenvalue weighted by atomic mass is 35.5. The number of hydrogen-bond acceptors (Lipinski definition) is 6. The fraction of sp³-hybridized carbons (Fsp3) is 0.471. The fourth-order valence-electron chi connectivity index (χ4n) is 2.97. The summed E-state index contributed by atoms with van der Waals surface area (Å²) in [6.07, 6.45) is 0.556. The first-order valence-electron chi connectivity index (χ1n) is 8.35. The van der Waals surface area contributed by atoms with Crippen LogP contribution in [0.1, 0.15) is 25.3 Å². The Morgan fingerprint density at radius 1 is 1.23 bits per heavy atom. The molecule has 140 valence electrons. The highest BCUT2D eigenvalue weighted by Crippen LogP contribution is 2.31. The Balaban J connectivity index is 1.71. The number of halogens is 2. The van der Waals surface area contributed by atoms with E-state index in [1.54, 1.807) is 23.1 Å². The number of benzene rings is 1. The number of ether oxygens (including phenoxy) is 1. The van der Waals surface area contributed by atoms with Crippen LogP contribution >= 0.6 is 23.2 Å². The normalized spacial score (nSPS) is 17.0. The van der Waals surface area contributed by atoms with Crippen LogP contribution in [0.5, 0.6) is 0 Å². The van der Waals surface area contributed by atoms with Gasteiger partial charge < -0.3 is 14.1 Å². The van der Waals surface area contributed by atoms with Crippen LogP contribution in [0.25, 0.3) is 11.5 Å². The molecule has 3 rings (SSSR count). The standard InChI is InChI=1S/C17H20Cl2N4O3/c1-11(22-6-3-7-23(9-8-22)17(24)25-2)15-20-21-16(26-15)13-5-4-12(18)10-14(13)19/h4-5,10-11H,3,6-9H2,1-2H3/t11-/m0/s1. The van der Waals surface area contributed by atoms with E-state index in [0.717, 1.165) is 13.0 Å². The molecule has 1 fully saturated rings. The van der Waals surface area contributed by atoms with Gasteiger partial charge in [0, 0.05) is 31.2 Å². The number of amides is 1. The topological polar surface area (TPSA) is 71.7 Å². The summed E-state index contributed by atoms with van der Waals surface area (Å²) in [6, 6.07) is 5.06. The van der Waals surface area contributed by atoms with Crippen molar-refractivity contribution in [1.29, 1.82) is 0 Å². The third-order valence-electron chi connectivity index (χ3n) is 4.47. The third kappa shape index (κ3) is 4.11. The lowest BCUT2D eigenvalue weighted by Crippen LogP contribution is -2.35. The number of nitrogens with zero attached hydrogens (tertiary/aromatic N) is 4. The molecule has 0 spiro atoms. The number of carbonyl (C=O) groups is 1. The first-order valence-corrected chi connectivity index (χ1v) is 9.11. The Morgan fingerprint density at radius 2 is 2.04 bits per heavy atom. The summed E-state index contributed by atoms with van der Waals surface area (Å²) in [5, 5.41) is 9.30. The van der Waals surface area contributed by atoms with Crippen LogP contribution in [0.2, 0.25) is 10.0 Å². The SMILES string of the molecule is COC(=O)N1CCCN([C@@H](C)c2nnc(-c3ccc(Cl)cc3Cl)o2)CC1. The van der Waals surface area contributed by atoms with E-state index < -0.39 is 0 Å². The van der Waals surface area contributed by atoms with Gasteiger partial charge in [0.15, 0.2) is 0 Å². The summed E-state index contributed by atoms with van der Waals surface area (Å²) in [6.45, 7) is 4.81. The molecule has 1 aliphatic heterocycles. The van der Waals surface area contributed by atoms with Crippen molar-refractivity contribution < 1.29 is 13.9 Å². The minimum Gasteiger partial charge on any atom is -0.453 e. The monoisotopic (exact) mass is 398 g/mol. The van der Waals surface area contributed by atoms with Crippen LogP contribution in [0, 0.1) is 0 Å². The number of hydrogen-bond donors (Lipinski definition) is 0. The fourth-order valence-corrected chi connectivity index (χ4v) is 3.46. The molecule has 2 aromatic rings. The van der Waals surface area contributed by atoms with Crippen LogP contribution in [-0.4, -0.2) is 59.4 Å². The van der Waals surface area contributed by atoms with Gasteiger partial charge in [-0.3, -0.25) is 4.90 Å². The molecule has 0 radical (unpaired) electrons. The molecule has 0 saturated carbocycles. The molecule has 0 N–H and O–H groups in total. The lowest BCUT2D eigenvalue weighted by Gasteiger charge is -2.25. The molecule has 26 heavy (non-hydrogen) atoms. The zero-order valence-electron chi connectivity index (χ0n) is 14.6. The van der Waals surface area contributed by atoms with E-state index in [4.69, 9.17) is 32.4 Å². The Morgan fingerprint density at radius 3 is 2.77 bits per heavy atom. The molecule has 9 heteroatoms. The predicted molar refractivity (Wildman–Crippen MR) is 98.3 cm³/mol. The second kappa shape index (κ2) is 8.24. The molecule has 0 aliphatic carbocycles. The minimum atomic E-state index is -0.294. The minimum absolute atomic E-state index is 0.0695. The van der Waals surface area contributed by atoms with E-state index in [2.05, 4.69) is 15.1 Å².